The van der Waals surface area contributed by atoms with Crippen molar-refractivity contribution in [2.45, 2.75) is 11.3 Å². The van der Waals surface area contributed by atoms with Gasteiger partial charge in [-0.2, -0.15) is 4.31 Å². The molecule has 0 heterocycles. The van der Waals surface area contributed by atoms with E-state index in [1.807, 2.05) is 0 Å². The number of carbonyl (C=O) groups is 1. The van der Waals surface area contributed by atoms with Crippen molar-refractivity contribution in [2.75, 3.05) is 13.6 Å². The highest BCUT2D eigenvalue weighted by atomic mass is 35.5. The summed E-state index contributed by atoms with van der Waals surface area (Å²) < 4.78 is 49.0. The number of carboxylic acid groups (broad SMARTS) is 1. The second kappa shape index (κ2) is 6.21. The van der Waals surface area contributed by atoms with Gasteiger partial charge in [0, 0.05) is 7.05 Å². The fourth-order valence-corrected chi connectivity index (χ4v) is 3.43. The quantitative estimate of drug-likeness (QED) is 0.888. The number of carboxylic acids is 1. The van der Waals surface area contributed by atoms with Crippen LogP contribution in [-0.4, -0.2) is 43.8 Å². The molecule has 112 valence electrons. The molecular formula is C10H9Cl2F2NO4S. The van der Waals surface area contributed by atoms with E-state index < -0.39 is 44.4 Å². The first-order valence-corrected chi connectivity index (χ1v) is 7.24. The Morgan fingerprint density at radius 2 is 1.95 bits per heavy atom. The SMILES string of the molecule is CN(CC(F)F)S(=O)(=O)c1ccc(Cl)c(C(=O)O)c1Cl. The summed E-state index contributed by atoms with van der Waals surface area (Å²) in [5.41, 5.74) is -0.597. The monoisotopic (exact) mass is 347 g/mol. The molecule has 1 N–H and O–H groups in total. The molecule has 0 fully saturated rings. The normalized spacial score (nSPS) is 12.2. The maximum Gasteiger partial charge on any atom is 0.338 e. The Hall–Kier alpha value is -0.960. The molecule has 0 spiro atoms. The molecule has 0 radical (unpaired) electrons. The third-order valence-corrected chi connectivity index (χ3v) is 5.04. The molecule has 0 aliphatic rings. The summed E-state index contributed by atoms with van der Waals surface area (Å²) in [6, 6.07) is 1.99. The number of rotatable bonds is 5. The van der Waals surface area contributed by atoms with Gasteiger partial charge in [-0.15, -0.1) is 0 Å². The predicted octanol–water partition coefficient (Wildman–Crippen LogP) is 2.58. The Morgan fingerprint density at radius 3 is 2.40 bits per heavy atom. The van der Waals surface area contributed by atoms with Gasteiger partial charge in [-0.3, -0.25) is 0 Å². The maximum atomic E-state index is 12.2. The predicted molar refractivity (Wildman–Crippen MR) is 69.2 cm³/mol. The van der Waals surface area contributed by atoms with Crippen LogP contribution in [0.4, 0.5) is 8.78 Å². The molecule has 5 nitrogen and oxygen atoms in total. The highest BCUT2D eigenvalue weighted by Gasteiger charge is 2.29. The minimum absolute atomic E-state index is 0.252. The summed E-state index contributed by atoms with van der Waals surface area (Å²) in [6.45, 7) is -1.04. The lowest BCUT2D eigenvalue weighted by atomic mass is 10.2. The lowest BCUT2D eigenvalue weighted by Gasteiger charge is -2.18. The first-order valence-electron chi connectivity index (χ1n) is 5.04. The van der Waals surface area contributed by atoms with Gasteiger partial charge in [0.1, 0.15) is 4.90 Å². The third kappa shape index (κ3) is 3.38. The molecular weight excluding hydrogens is 339 g/mol. The molecule has 20 heavy (non-hydrogen) atoms. The smallest absolute Gasteiger partial charge is 0.338 e. The van der Waals surface area contributed by atoms with E-state index in [1.165, 1.54) is 0 Å². The van der Waals surface area contributed by atoms with Crippen molar-refractivity contribution in [3.8, 4) is 0 Å². The van der Waals surface area contributed by atoms with Crippen molar-refractivity contribution in [1.82, 2.24) is 4.31 Å². The Balaban J connectivity index is 3.41. The molecule has 0 saturated carbocycles. The number of hydrogen-bond acceptors (Lipinski definition) is 3. The van der Waals surface area contributed by atoms with Gasteiger partial charge in [0.2, 0.25) is 10.0 Å². The van der Waals surface area contributed by atoms with Crippen LogP contribution in [0.1, 0.15) is 10.4 Å². The topological polar surface area (TPSA) is 74.7 Å². The summed E-state index contributed by atoms with van der Waals surface area (Å²) in [4.78, 5) is 10.4. The molecule has 0 aliphatic carbocycles. The Kier molecular flexibility index (Phi) is 5.31. The van der Waals surface area contributed by atoms with Crippen LogP contribution in [-0.2, 0) is 10.0 Å². The van der Waals surface area contributed by atoms with E-state index in [0.29, 0.717) is 4.31 Å². The number of alkyl halides is 2. The number of sulfonamides is 1. The summed E-state index contributed by atoms with van der Waals surface area (Å²) in [7, 11) is -3.40. The van der Waals surface area contributed by atoms with E-state index in [2.05, 4.69) is 0 Å². The van der Waals surface area contributed by atoms with Gasteiger partial charge in [-0.05, 0) is 12.1 Å². The highest BCUT2D eigenvalue weighted by Crippen LogP contribution is 2.32. The van der Waals surface area contributed by atoms with Crippen LogP contribution in [0.25, 0.3) is 0 Å². The fraction of sp³-hybridized carbons (Fsp3) is 0.300. The molecule has 0 amide bonds. The van der Waals surface area contributed by atoms with Crippen LogP contribution >= 0.6 is 23.2 Å². The van der Waals surface area contributed by atoms with E-state index in [4.69, 9.17) is 28.3 Å². The molecule has 1 aromatic carbocycles. The van der Waals surface area contributed by atoms with Gasteiger partial charge in [-0.1, -0.05) is 23.2 Å². The van der Waals surface area contributed by atoms with Crippen LogP contribution in [0, 0.1) is 0 Å². The Bertz CT molecular complexity index is 636. The van der Waals surface area contributed by atoms with Gasteiger partial charge in [0.05, 0.1) is 22.2 Å². The molecule has 0 aliphatic heterocycles. The average molecular weight is 348 g/mol. The zero-order chi connectivity index (χ0) is 15.7. The standard InChI is InChI=1S/C10H9Cl2F2NO4S/c1-15(4-7(13)14)20(18,19)6-3-2-5(11)8(9(6)12)10(16)17/h2-3,7H,4H2,1H3,(H,16,17). The van der Waals surface area contributed by atoms with Crippen molar-refractivity contribution in [3.05, 3.63) is 27.7 Å². The number of hydrogen-bond donors (Lipinski definition) is 1. The lowest BCUT2D eigenvalue weighted by molar-refractivity contribution is 0.0697. The average Bonchev–Trinajstić information content (AvgIpc) is 2.26. The Labute approximate surface area is 123 Å². The zero-order valence-electron chi connectivity index (χ0n) is 9.98. The first-order chi connectivity index (χ1) is 9.09. The minimum Gasteiger partial charge on any atom is -0.478 e. The number of aromatic carboxylic acids is 1. The number of benzene rings is 1. The fourth-order valence-electron chi connectivity index (χ4n) is 1.39. The molecule has 10 heteroatoms. The summed E-state index contributed by atoms with van der Waals surface area (Å²) in [6.07, 6.45) is -2.88. The van der Waals surface area contributed by atoms with E-state index in [9.17, 15) is 22.0 Å². The molecule has 0 saturated heterocycles. The number of nitrogens with zero attached hydrogens (tertiary/aromatic N) is 1. The van der Waals surface area contributed by atoms with Gasteiger partial charge in [0.25, 0.3) is 6.43 Å². The van der Waals surface area contributed by atoms with E-state index >= 15 is 0 Å². The van der Waals surface area contributed by atoms with Crippen molar-refractivity contribution in [3.63, 3.8) is 0 Å². The van der Waals surface area contributed by atoms with Crippen LogP contribution in [0.5, 0.6) is 0 Å². The summed E-state index contributed by atoms with van der Waals surface area (Å²) in [5, 5.41) is 8.05. The third-order valence-electron chi connectivity index (χ3n) is 2.35. The van der Waals surface area contributed by atoms with Crippen molar-refractivity contribution < 1.29 is 27.1 Å². The van der Waals surface area contributed by atoms with Crippen molar-refractivity contribution >= 4 is 39.2 Å². The van der Waals surface area contributed by atoms with E-state index in [0.717, 1.165) is 19.2 Å². The van der Waals surface area contributed by atoms with Crippen LogP contribution in [0.3, 0.4) is 0 Å². The zero-order valence-corrected chi connectivity index (χ0v) is 12.3. The second-order valence-electron chi connectivity index (χ2n) is 3.72. The minimum atomic E-state index is -4.34. The largest absolute Gasteiger partial charge is 0.478 e. The summed E-state index contributed by atoms with van der Waals surface area (Å²) >= 11 is 11.3. The van der Waals surface area contributed by atoms with Gasteiger partial charge in [0.15, 0.2) is 0 Å². The van der Waals surface area contributed by atoms with E-state index in [1.54, 1.807) is 0 Å². The Morgan fingerprint density at radius 1 is 1.40 bits per heavy atom. The summed E-state index contributed by atoms with van der Waals surface area (Å²) in [5.74, 6) is -1.52. The molecule has 0 unspecified atom stereocenters. The van der Waals surface area contributed by atoms with Gasteiger partial charge in [-0.25, -0.2) is 22.0 Å². The van der Waals surface area contributed by atoms with Gasteiger partial charge < -0.3 is 5.11 Å². The van der Waals surface area contributed by atoms with Crippen LogP contribution in [0.15, 0.2) is 17.0 Å². The molecule has 0 aromatic heterocycles. The van der Waals surface area contributed by atoms with Crippen LogP contribution in [0.2, 0.25) is 10.0 Å². The maximum absolute atomic E-state index is 12.2. The van der Waals surface area contributed by atoms with Gasteiger partial charge >= 0.3 is 5.97 Å². The lowest BCUT2D eigenvalue weighted by Crippen LogP contribution is -2.31. The highest BCUT2D eigenvalue weighted by molar-refractivity contribution is 7.89. The second-order valence-corrected chi connectivity index (χ2v) is 6.51. The van der Waals surface area contributed by atoms with Crippen molar-refractivity contribution in [2.24, 2.45) is 0 Å². The first kappa shape index (κ1) is 17.1. The molecule has 1 rings (SSSR count). The number of halogens is 4. The molecule has 1 aromatic rings. The molecule has 0 bridgehead atoms. The van der Waals surface area contributed by atoms with Crippen molar-refractivity contribution in [1.29, 1.82) is 0 Å². The van der Waals surface area contributed by atoms with E-state index in [-0.39, 0.29) is 5.02 Å². The van der Waals surface area contributed by atoms with Crippen LogP contribution < -0.4 is 0 Å². The molecule has 0 atom stereocenters.